The maximum absolute atomic E-state index is 2.08. The van der Waals surface area contributed by atoms with E-state index in [1.165, 1.54) is 11.1 Å². The van der Waals surface area contributed by atoms with E-state index in [1.807, 2.05) is 36.4 Å². The van der Waals surface area contributed by atoms with E-state index in [9.17, 15) is 0 Å². The van der Waals surface area contributed by atoms with Gasteiger partial charge in [-0.05, 0) is 13.8 Å². The van der Waals surface area contributed by atoms with E-state index in [0.717, 1.165) is 0 Å². The lowest BCUT2D eigenvalue weighted by Crippen LogP contribution is -1.62. The maximum atomic E-state index is 2.08. The van der Waals surface area contributed by atoms with Crippen molar-refractivity contribution < 1.29 is 0 Å². The highest BCUT2D eigenvalue weighted by atomic mass is 13.8. The minimum atomic E-state index is 0. The summed E-state index contributed by atoms with van der Waals surface area (Å²) >= 11 is 0. The third-order valence-corrected chi connectivity index (χ3v) is 1.88. The molecule has 2 aromatic carbocycles. The standard InChI is InChI=1S/2C7H8.2CH4/c2*1-7-5-3-2-4-6-7;;/h2*2-6H,1H3;2*1H4. The number of benzene rings is 2. The van der Waals surface area contributed by atoms with E-state index in [1.54, 1.807) is 0 Å². The second-order valence-electron chi connectivity index (χ2n) is 3.31. The molecule has 88 valence electrons. The minimum Gasteiger partial charge on any atom is -0.0776 e. The van der Waals surface area contributed by atoms with Crippen LogP contribution in [0.3, 0.4) is 0 Å². The summed E-state index contributed by atoms with van der Waals surface area (Å²) in [6, 6.07) is 20.5. The van der Waals surface area contributed by atoms with Gasteiger partial charge in [0.05, 0.1) is 0 Å². The average molecular weight is 216 g/mol. The molecule has 0 saturated heterocycles. The first-order chi connectivity index (χ1) is 6.79. The fourth-order valence-corrected chi connectivity index (χ4v) is 1.07. The second-order valence-corrected chi connectivity index (χ2v) is 3.31. The topological polar surface area (TPSA) is 0 Å². The Bertz CT molecular complexity index is 297. The fraction of sp³-hybridized carbons (Fsp3) is 0.250. The summed E-state index contributed by atoms with van der Waals surface area (Å²) in [5.41, 5.74) is 2.64. The van der Waals surface area contributed by atoms with Crippen LogP contribution in [0.25, 0.3) is 0 Å². The Hall–Kier alpha value is -1.56. The lowest BCUT2D eigenvalue weighted by Gasteiger charge is -1.82. The van der Waals surface area contributed by atoms with Crippen molar-refractivity contribution in [2.75, 3.05) is 0 Å². The van der Waals surface area contributed by atoms with Crippen molar-refractivity contribution in [3.05, 3.63) is 71.8 Å². The van der Waals surface area contributed by atoms with Crippen molar-refractivity contribution >= 4 is 0 Å². The third kappa shape index (κ3) is 7.81. The SMILES string of the molecule is C.C.Cc1ccccc1.Cc1ccccc1. The van der Waals surface area contributed by atoms with Gasteiger partial charge in [0.15, 0.2) is 0 Å². The summed E-state index contributed by atoms with van der Waals surface area (Å²) in [6.45, 7) is 4.17. The Labute approximate surface area is 101 Å². The zero-order valence-corrected chi connectivity index (χ0v) is 8.77. The molecule has 0 saturated carbocycles. The van der Waals surface area contributed by atoms with Crippen LogP contribution >= 0.6 is 0 Å². The van der Waals surface area contributed by atoms with Crippen LogP contribution in [0.5, 0.6) is 0 Å². The molecule has 16 heavy (non-hydrogen) atoms. The first-order valence-corrected chi connectivity index (χ1v) is 4.82. The molecule has 2 rings (SSSR count). The van der Waals surface area contributed by atoms with E-state index < -0.39 is 0 Å². The van der Waals surface area contributed by atoms with Crippen molar-refractivity contribution in [1.29, 1.82) is 0 Å². The lowest BCUT2D eigenvalue weighted by molar-refractivity contribution is 1.48. The third-order valence-electron chi connectivity index (χ3n) is 1.88. The Balaban J connectivity index is 0. The summed E-state index contributed by atoms with van der Waals surface area (Å²) in [5.74, 6) is 0. The van der Waals surface area contributed by atoms with Crippen molar-refractivity contribution in [3.63, 3.8) is 0 Å². The molecule has 0 heteroatoms. The van der Waals surface area contributed by atoms with E-state index in [4.69, 9.17) is 0 Å². The van der Waals surface area contributed by atoms with Crippen LogP contribution in [0.2, 0.25) is 0 Å². The zero-order valence-electron chi connectivity index (χ0n) is 8.77. The molecule has 0 atom stereocenters. The molecule has 0 bridgehead atoms. The molecule has 2 aromatic rings. The van der Waals surface area contributed by atoms with Crippen LogP contribution in [-0.2, 0) is 0 Å². The predicted octanol–water partition coefficient (Wildman–Crippen LogP) is 5.26. The number of rotatable bonds is 0. The first-order valence-electron chi connectivity index (χ1n) is 4.82. The number of aryl methyl sites for hydroxylation is 2. The van der Waals surface area contributed by atoms with Crippen molar-refractivity contribution in [1.82, 2.24) is 0 Å². The molecule has 0 nitrogen and oxygen atoms in total. The van der Waals surface area contributed by atoms with Gasteiger partial charge in [0.1, 0.15) is 0 Å². The molecule has 0 spiro atoms. The van der Waals surface area contributed by atoms with Crippen LogP contribution in [0.15, 0.2) is 60.7 Å². The summed E-state index contributed by atoms with van der Waals surface area (Å²) < 4.78 is 0. The molecule has 0 heterocycles. The van der Waals surface area contributed by atoms with Crippen LogP contribution in [0.1, 0.15) is 26.0 Å². The highest BCUT2D eigenvalue weighted by Gasteiger charge is 1.72. The summed E-state index contributed by atoms with van der Waals surface area (Å²) in [6.07, 6.45) is 0. The lowest BCUT2D eigenvalue weighted by atomic mass is 10.2. The molecular weight excluding hydrogens is 192 g/mol. The van der Waals surface area contributed by atoms with Gasteiger partial charge >= 0.3 is 0 Å². The molecule has 0 radical (unpaired) electrons. The molecule has 0 aromatic heterocycles. The normalized spacial score (nSPS) is 7.62. The fourth-order valence-electron chi connectivity index (χ4n) is 1.07. The van der Waals surface area contributed by atoms with Crippen molar-refractivity contribution in [2.24, 2.45) is 0 Å². The van der Waals surface area contributed by atoms with E-state index in [0.29, 0.717) is 0 Å². The van der Waals surface area contributed by atoms with Crippen molar-refractivity contribution in [2.45, 2.75) is 28.7 Å². The predicted molar refractivity (Wildman–Crippen MR) is 75.8 cm³/mol. The highest BCUT2D eigenvalue weighted by molar-refractivity contribution is 5.12. The van der Waals surface area contributed by atoms with Crippen molar-refractivity contribution in [3.8, 4) is 0 Å². The Kier molecular flexibility index (Phi) is 10.5. The Morgan fingerprint density at radius 2 is 0.750 bits per heavy atom. The molecule has 0 N–H and O–H groups in total. The summed E-state index contributed by atoms with van der Waals surface area (Å²) in [4.78, 5) is 0. The second kappa shape index (κ2) is 9.97. The average Bonchev–Trinajstić information content (AvgIpc) is 2.21. The largest absolute Gasteiger partial charge is 0.0776 e. The molecule has 0 aliphatic rings. The molecular formula is C16H24. The number of hydrogen-bond donors (Lipinski definition) is 0. The summed E-state index contributed by atoms with van der Waals surface area (Å²) in [5, 5.41) is 0. The van der Waals surface area contributed by atoms with Crippen LogP contribution in [-0.4, -0.2) is 0 Å². The van der Waals surface area contributed by atoms with Gasteiger partial charge in [-0.3, -0.25) is 0 Å². The maximum Gasteiger partial charge on any atom is -0.0398 e. The van der Waals surface area contributed by atoms with Crippen LogP contribution in [0.4, 0.5) is 0 Å². The quantitative estimate of drug-likeness (QED) is 0.563. The van der Waals surface area contributed by atoms with E-state index >= 15 is 0 Å². The molecule has 0 amide bonds. The molecule has 0 aliphatic carbocycles. The van der Waals surface area contributed by atoms with Gasteiger partial charge in [0, 0.05) is 0 Å². The van der Waals surface area contributed by atoms with Crippen LogP contribution in [0, 0.1) is 13.8 Å². The van der Waals surface area contributed by atoms with Gasteiger partial charge in [-0.2, -0.15) is 0 Å². The van der Waals surface area contributed by atoms with Gasteiger partial charge < -0.3 is 0 Å². The Morgan fingerprint density at radius 1 is 0.500 bits per heavy atom. The molecule has 0 fully saturated rings. The molecule has 0 unspecified atom stereocenters. The van der Waals surface area contributed by atoms with Gasteiger partial charge in [-0.25, -0.2) is 0 Å². The van der Waals surface area contributed by atoms with E-state index in [2.05, 4.69) is 38.1 Å². The Morgan fingerprint density at radius 3 is 0.875 bits per heavy atom. The highest BCUT2D eigenvalue weighted by Crippen LogP contribution is 1.92. The summed E-state index contributed by atoms with van der Waals surface area (Å²) in [7, 11) is 0. The van der Waals surface area contributed by atoms with Crippen LogP contribution < -0.4 is 0 Å². The van der Waals surface area contributed by atoms with Gasteiger partial charge in [0.25, 0.3) is 0 Å². The molecule has 0 aliphatic heterocycles. The van der Waals surface area contributed by atoms with Gasteiger partial charge in [-0.1, -0.05) is 86.6 Å². The monoisotopic (exact) mass is 216 g/mol. The minimum absolute atomic E-state index is 0. The number of hydrogen-bond acceptors (Lipinski definition) is 0. The smallest absolute Gasteiger partial charge is 0.0398 e. The zero-order chi connectivity index (χ0) is 10.2. The van der Waals surface area contributed by atoms with E-state index in [-0.39, 0.29) is 14.9 Å². The van der Waals surface area contributed by atoms with Gasteiger partial charge in [0.2, 0.25) is 0 Å². The first kappa shape index (κ1) is 16.9. The van der Waals surface area contributed by atoms with Gasteiger partial charge in [-0.15, -0.1) is 0 Å².